The van der Waals surface area contributed by atoms with Crippen LogP contribution >= 0.6 is 0 Å². The van der Waals surface area contributed by atoms with Crippen molar-refractivity contribution in [3.8, 4) is 11.5 Å². The molecule has 1 aromatic heterocycles. The Morgan fingerprint density at radius 1 is 0.885 bits per heavy atom. The summed E-state index contributed by atoms with van der Waals surface area (Å²) in [5.74, 6) is -0.182. The standard InChI is InChI=1S/C19H19N3O4/c1-22-11-14(12-7-4-5-9-15(12)22)19(24)21-20-18(23)13-8-6-10-16(25-2)17(13)26-3/h4-11H,1-3H3,(H,20,23)(H,21,24). The highest BCUT2D eigenvalue weighted by Crippen LogP contribution is 2.30. The SMILES string of the molecule is COc1cccc(C(=O)NNC(=O)c2cn(C)c3ccccc23)c1OC. The number of aryl methyl sites for hydroxylation is 1. The molecule has 0 radical (unpaired) electrons. The van der Waals surface area contributed by atoms with Gasteiger partial charge in [0.2, 0.25) is 0 Å². The van der Waals surface area contributed by atoms with E-state index in [0.717, 1.165) is 10.9 Å². The van der Waals surface area contributed by atoms with Gasteiger partial charge in [0.05, 0.1) is 25.3 Å². The van der Waals surface area contributed by atoms with Crippen molar-refractivity contribution in [3.05, 3.63) is 59.8 Å². The molecule has 134 valence electrons. The van der Waals surface area contributed by atoms with Crippen LogP contribution in [0.2, 0.25) is 0 Å². The zero-order valence-corrected chi connectivity index (χ0v) is 14.7. The molecule has 0 fully saturated rings. The van der Waals surface area contributed by atoms with E-state index < -0.39 is 11.8 Å². The highest BCUT2D eigenvalue weighted by molar-refractivity contribution is 6.08. The van der Waals surface area contributed by atoms with E-state index >= 15 is 0 Å². The van der Waals surface area contributed by atoms with E-state index in [-0.39, 0.29) is 5.56 Å². The minimum atomic E-state index is -0.505. The fourth-order valence-electron chi connectivity index (χ4n) is 2.84. The zero-order chi connectivity index (χ0) is 18.7. The van der Waals surface area contributed by atoms with Gasteiger partial charge in [-0.2, -0.15) is 0 Å². The first-order chi connectivity index (χ1) is 12.6. The minimum Gasteiger partial charge on any atom is -0.493 e. The van der Waals surface area contributed by atoms with Gasteiger partial charge in [-0.3, -0.25) is 20.4 Å². The second-order valence-corrected chi connectivity index (χ2v) is 5.62. The highest BCUT2D eigenvalue weighted by atomic mass is 16.5. The van der Waals surface area contributed by atoms with Crippen LogP contribution in [0.25, 0.3) is 10.9 Å². The quantitative estimate of drug-likeness (QED) is 0.705. The Labute approximate surface area is 150 Å². The molecule has 0 aliphatic carbocycles. The lowest BCUT2D eigenvalue weighted by atomic mass is 10.1. The average molecular weight is 353 g/mol. The number of amides is 2. The minimum absolute atomic E-state index is 0.255. The van der Waals surface area contributed by atoms with Crippen molar-refractivity contribution in [2.45, 2.75) is 0 Å². The summed E-state index contributed by atoms with van der Waals surface area (Å²) in [6.45, 7) is 0. The molecule has 0 atom stereocenters. The topological polar surface area (TPSA) is 81.6 Å². The molecule has 0 saturated heterocycles. The Kier molecular flexibility index (Phi) is 4.79. The van der Waals surface area contributed by atoms with Crippen LogP contribution in [-0.4, -0.2) is 30.6 Å². The fraction of sp³-hybridized carbons (Fsp3) is 0.158. The normalized spacial score (nSPS) is 10.4. The third-order valence-electron chi connectivity index (χ3n) is 4.08. The molecule has 2 amide bonds. The number of benzene rings is 2. The first-order valence-corrected chi connectivity index (χ1v) is 7.92. The molecule has 0 bridgehead atoms. The first-order valence-electron chi connectivity index (χ1n) is 7.92. The first kappa shape index (κ1) is 17.3. The highest BCUT2D eigenvalue weighted by Gasteiger charge is 2.18. The van der Waals surface area contributed by atoms with Gasteiger partial charge in [0.15, 0.2) is 11.5 Å². The number of hydrogen-bond donors (Lipinski definition) is 2. The molecule has 2 aromatic carbocycles. The fourth-order valence-corrected chi connectivity index (χ4v) is 2.84. The summed E-state index contributed by atoms with van der Waals surface area (Å²) in [4.78, 5) is 24.9. The van der Waals surface area contributed by atoms with E-state index in [1.807, 2.05) is 35.9 Å². The van der Waals surface area contributed by atoms with E-state index in [0.29, 0.717) is 17.1 Å². The summed E-state index contributed by atoms with van der Waals surface area (Å²) in [6, 6.07) is 12.5. The summed E-state index contributed by atoms with van der Waals surface area (Å²) in [5.41, 5.74) is 6.51. The van der Waals surface area contributed by atoms with E-state index in [1.165, 1.54) is 14.2 Å². The van der Waals surface area contributed by atoms with Gasteiger partial charge in [-0.25, -0.2) is 0 Å². The third kappa shape index (κ3) is 3.06. The van der Waals surface area contributed by atoms with E-state index in [2.05, 4.69) is 10.9 Å². The van der Waals surface area contributed by atoms with Gasteiger partial charge in [0.1, 0.15) is 0 Å². The number of fused-ring (bicyclic) bond motifs is 1. The molecule has 3 rings (SSSR count). The van der Waals surface area contributed by atoms with Crippen molar-refractivity contribution >= 4 is 22.7 Å². The number of nitrogens with one attached hydrogen (secondary N) is 2. The van der Waals surface area contributed by atoms with Crippen molar-refractivity contribution < 1.29 is 19.1 Å². The predicted octanol–water partition coefficient (Wildman–Crippen LogP) is 2.27. The maximum atomic E-state index is 12.5. The summed E-state index contributed by atoms with van der Waals surface area (Å²) < 4.78 is 12.3. The molecule has 3 aromatic rings. The van der Waals surface area contributed by atoms with Gasteiger partial charge in [0, 0.05) is 24.1 Å². The molecule has 0 aliphatic heterocycles. The number of hydrogen-bond acceptors (Lipinski definition) is 4. The largest absolute Gasteiger partial charge is 0.493 e. The summed E-state index contributed by atoms with van der Waals surface area (Å²) in [7, 11) is 4.80. The maximum Gasteiger partial charge on any atom is 0.273 e. The summed E-state index contributed by atoms with van der Waals surface area (Å²) in [5, 5.41) is 0.806. The Hall–Kier alpha value is -3.48. The second kappa shape index (κ2) is 7.18. The lowest BCUT2D eigenvalue weighted by molar-refractivity contribution is 0.0845. The number of para-hydroxylation sites is 2. The number of ether oxygens (including phenoxy) is 2. The van der Waals surface area contributed by atoms with Gasteiger partial charge in [0.25, 0.3) is 11.8 Å². The molecule has 0 saturated carbocycles. The van der Waals surface area contributed by atoms with Crippen molar-refractivity contribution in [2.24, 2.45) is 7.05 Å². The van der Waals surface area contributed by atoms with Gasteiger partial charge < -0.3 is 14.0 Å². The molecule has 0 spiro atoms. The Morgan fingerprint density at radius 3 is 2.27 bits per heavy atom. The third-order valence-corrected chi connectivity index (χ3v) is 4.08. The number of methoxy groups -OCH3 is 2. The van der Waals surface area contributed by atoms with Crippen LogP contribution < -0.4 is 20.3 Å². The zero-order valence-electron chi connectivity index (χ0n) is 14.7. The summed E-state index contributed by atoms with van der Waals surface area (Å²) in [6.07, 6.45) is 1.72. The van der Waals surface area contributed by atoms with Gasteiger partial charge in [-0.15, -0.1) is 0 Å². The lowest BCUT2D eigenvalue weighted by Gasteiger charge is -2.12. The van der Waals surface area contributed by atoms with Crippen LogP contribution in [-0.2, 0) is 7.05 Å². The van der Waals surface area contributed by atoms with Crippen molar-refractivity contribution in [1.29, 1.82) is 0 Å². The van der Waals surface area contributed by atoms with Crippen molar-refractivity contribution in [1.82, 2.24) is 15.4 Å². The van der Waals surface area contributed by atoms with Crippen molar-refractivity contribution in [3.63, 3.8) is 0 Å². The molecule has 0 aliphatic rings. The Balaban J connectivity index is 1.78. The van der Waals surface area contributed by atoms with Crippen LogP contribution in [0.3, 0.4) is 0 Å². The predicted molar refractivity (Wildman–Crippen MR) is 97.4 cm³/mol. The molecule has 1 heterocycles. The number of carbonyl (C=O) groups excluding carboxylic acids is 2. The molecular formula is C19H19N3O4. The Morgan fingerprint density at radius 2 is 1.58 bits per heavy atom. The second-order valence-electron chi connectivity index (χ2n) is 5.62. The monoisotopic (exact) mass is 353 g/mol. The van der Waals surface area contributed by atoms with E-state index in [9.17, 15) is 9.59 Å². The van der Waals surface area contributed by atoms with Gasteiger partial charge in [-0.05, 0) is 18.2 Å². The van der Waals surface area contributed by atoms with E-state index in [1.54, 1.807) is 24.4 Å². The number of nitrogens with zero attached hydrogens (tertiary/aromatic N) is 1. The molecule has 7 nitrogen and oxygen atoms in total. The summed E-state index contributed by atoms with van der Waals surface area (Å²) >= 11 is 0. The van der Waals surface area contributed by atoms with Crippen molar-refractivity contribution in [2.75, 3.05) is 14.2 Å². The van der Waals surface area contributed by atoms with Gasteiger partial charge in [-0.1, -0.05) is 24.3 Å². The number of hydrazine groups is 1. The smallest absolute Gasteiger partial charge is 0.273 e. The number of aromatic nitrogens is 1. The maximum absolute atomic E-state index is 12.5. The Bertz CT molecular complexity index is 978. The molecule has 7 heteroatoms. The number of rotatable bonds is 4. The van der Waals surface area contributed by atoms with E-state index in [4.69, 9.17) is 9.47 Å². The van der Waals surface area contributed by atoms with Crippen LogP contribution in [0, 0.1) is 0 Å². The average Bonchev–Trinajstić information content (AvgIpc) is 3.02. The van der Waals surface area contributed by atoms with Crippen LogP contribution in [0.4, 0.5) is 0 Å². The van der Waals surface area contributed by atoms with Gasteiger partial charge >= 0.3 is 0 Å². The molecular weight excluding hydrogens is 334 g/mol. The molecule has 0 unspecified atom stereocenters. The molecule has 2 N–H and O–H groups in total. The van der Waals surface area contributed by atoms with Crippen LogP contribution in [0.5, 0.6) is 11.5 Å². The van der Waals surface area contributed by atoms with Crippen LogP contribution in [0.1, 0.15) is 20.7 Å². The lowest BCUT2D eigenvalue weighted by Crippen LogP contribution is -2.41. The number of carbonyl (C=O) groups is 2. The van der Waals surface area contributed by atoms with Crippen LogP contribution in [0.15, 0.2) is 48.7 Å². The molecule has 26 heavy (non-hydrogen) atoms.